The zero-order valence-corrected chi connectivity index (χ0v) is 13.7. The maximum Gasteiger partial charge on any atom is 0.205 e. The van der Waals surface area contributed by atoms with Crippen LogP contribution in [0.1, 0.15) is 25.3 Å². The summed E-state index contributed by atoms with van der Waals surface area (Å²) in [7, 11) is 3.44. The standard InChI is InChI=1S/C13H26N4O2S/c1-5-6-14-13-16-15-12(20-13)9-17(7-8-18-3)11(2)10-19-4/h11H,5-10H2,1-4H3,(H,14,16). The highest BCUT2D eigenvalue weighted by atomic mass is 32.1. The van der Waals surface area contributed by atoms with Crippen molar-refractivity contribution in [3.8, 4) is 0 Å². The Morgan fingerprint density at radius 1 is 1.30 bits per heavy atom. The van der Waals surface area contributed by atoms with E-state index in [1.54, 1.807) is 25.6 Å². The summed E-state index contributed by atoms with van der Waals surface area (Å²) in [4.78, 5) is 2.30. The molecule has 0 bridgehead atoms. The van der Waals surface area contributed by atoms with Gasteiger partial charge in [-0.25, -0.2) is 0 Å². The average molecular weight is 302 g/mol. The van der Waals surface area contributed by atoms with Crippen LogP contribution in [0.25, 0.3) is 0 Å². The summed E-state index contributed by atoms with van der Waals surface area (Å²) in [6.07, 6.45) is 1.08. The van der Waals surface area contributed by atoms with Crippen molar-refractivity contribution in [3.63, 3.8) is 0 Å². The fraction of sp³-hybridized carbons (Fsp3) is 0.846. The van der Waals surface area contributed by atoms with Crippen molar-refractivity contribution in [2.45, 2.75) is 32.9 Å². The lowest BCUT2D eigenvalue weighted by molar-refractivity contribution is 0.0703. The van der Waals surface area contributed by atoms with E-state index in [1.807, 2.05) is 0 Å². The molecule has 1 aromatic rings. The molecule has 0 radical (unpaired) electrons. The van der Waals surface area contributed by atoms with E-state index >= 15 is 0 Å². The molecule has 6 nitrogen and oxygen atoms in total. The van der Waals surface area contributed by atoms with Gasteiger partial charge in [-0.2, -0.15) is 0 Å². The first kappa shape index (κ1) is 17.3. The zero-order valence-electron chi connectivity index (χ0n) is 12.9. The number of hydrogen-bond acceptors (Lipinski definition) is 7. The van der Waals surface area contributed by atoms with Crippen LogP contribution in [-0.4, -0.2) is 61.7 Å². The number of methoxy groups -OCH3 is 2. The second-order valence-electron chi connectivity index (χ2n) is 4.70. The van der Waals surface area contributed by atoms with Crippen LogP contribution in [-0.2, 0) is 16.0 Å². The van der Waals surface area contributed by atoms with Gasteiger partial charge in [0, 0.05) is 33.4 Å². The first-order valence-corrected chi connectivity index (χ1v) is 7.81. The number of hydrogen-bond donors (Lipinski definition) is 1. The van der Waals surface area contributed by atoms with Crippen molar-refractivity contribution < 1.29 is 9.47 Å². The molecular weight excluding hydrogens is 276 g/mol. The van der Waals surface area contributed by atoms with Crippen LogP contribution in [0, 0.1) is 0 Å². The third-order valence-corrected chi connectivity index (χ3v) is 3.81. The zero-order chi connectivity index (χ0) is 14.8. The van der Waals surface area contributed by atoms with Crippen molar-refractivity contribution in [1.29, 1.82) is 0 Å². The average Bonchev–Trinajstić information content (AvgIpc) is 2.89. The molecule has 1 atom stereocenters. The normalized spacial score (nSPS) is 12.8. The number of nitrogens with one attached hydrogen (secondary N) is 1. The van der Waals surface area contributed by atoms with E-state index in [1.165, 1.54) is 0 Å². The minimum absolute atomic E-state index is 0.325. The molecule has 0 saturated carbocycles. The molecule has 20 heavy (non-hydrogen) atoms. The lowest BCUT2D eigenvalue weighted by Crippen LogP contribution is -2.38. The Labute approximate surface area is 125 Å². The number of aromatic nitrogens is 2. The first-order chi connectivity index (χ1) is 9.71. The molecule has 1 heterocycles. The Morgan fingerprint density at radius 3 is 2.75 bits per heavy atom. The molecule has 0 spiro atoms. The summed E-state index contributed by atoms with van der Waals surface area (Å²) in [5.41, 5.74) is 0. The fourth-order valence-electron chi connectivity index (χ4n) is 1.81. The maximum absolute atomic E-state index is 5.23. The van der Waals surface area contributed by atoms with Crippen LogP contribution in [0.15, 0.2) is 0 Å². The molecule has 0 fully saturated rings. The van der Waals surface area contributed by atoms with Crippen LogP contribution in [0.5, 0.6) is 0 Å². The van der Waals surface area contributed by atoms with Gasteiger partial charge in [0.25, 0.3) is 0 Å². The van der Waals surface area contributed by atoms with Gasteiger partial charge >= 0.3 is 0 Å². The van der Waals surface area contributed by atoms with E-state index in [-0.39, 0.29) is 0 Å². The Bertz CT molecular complexity index is 362. The lowest BCUT2D eigenvalue weighted by Gasteiger charge is -2.27. The van der Waals surface area contributed by atoms with Crippen molar-refractivity contribution in [2.24, 2.45) is 0 Å². The van der Waals surface area contributed by atoms with Gasteiger partial charge in [0.1, 0.15) is 5.01 Å². The molecule has 0 amide bonds. The minimum atomic E-state index is 0.325. The van der Waals surface area contributed by atoms with Gasteiger partial charge in [0.05, 0.1) is 19.8 Å². The summed E-state index contributed by atoms with van der Waals surface area (Å²) in [5.74, 6) is 0. The fourth-order valence-corrected chi connectivity index (χ4v) is 2.60. The summed E-state index contributed by atoms with van der Waals surface area (Å²) in [6, 6.07) is 0.325. The molecule has 7 heteroatoms. The Morgan fingerprint density at radius 2 is 2.10 bits per heavy atom. The van der Waals surface area contributed by atoms with Gasteiger partial charge < -0.3 is 14.8 Å². The van der Waals surface area contributed by atoms with E-state index in [0.29, 0.717) is 19.3 Å². The molecule has 0 aliphatic rings. The molecule has 1 aromatic heterocycles. The molecule has 1 unspecified atom stereocenters. The van der Waals surface area contributed by atoms with Crippen molar-refractivity contribution >= 4 is 16.5 Å². The Balaban J connectivity index is 2.56. The van der Waals surface area contributed by atoms with E-state index in [2.05, 4.69) is 34.3 Å². The summed E-state index contributed by atoms with van der Waals surface area (Å²) < 4.78 is 10.4. The SMILES string of the molecule is CCCNc1nnc(CN(CCOC)C(C)COC)s1. The second kappa shape index (κ2) is 10.0. The van der Waals surface area contributed by atoms with Crippen molar-refractivity contribution in [1.82, 2.24) is 15.1 Å². The highest BCUT2D eigenvalue weighted by molar-refractivity contribution is 7.15. The van der Waals surface area contributed by atoms with Crippen LogP contribution in [0.3, 0.4) is 0 Å². The highest BCUT2D eigenvalue weighted by Gasteiger charge is 2.16. The van der Waals surface area contributed by atoms with Crippen LogP contribution in [0.4, 0.5) is 5.13 Å². The van der Waals surface area contributed by atoms with E-state index in [4.69, 9.17) is 9.47 Å². The van der Waals surface area contributed by atoms with Crippen molar-refractivity contribution in [2.75, 3.05) is 45.8 Å². The lowest BCUT2D eigenvalue weighted by atomic mass is 10.3. The second-order valence-corrected chi connectivity index (χ2v) is 5.76. The van der Waals surface area contributed by atoms with Crippen molar-refractivity contribution in [3.05, 3.63) is 5.01 Å². The van der Waals surface area contributed by atoms with Gasteiger partial charge in [0.15, 0.2) is 0 Å². The van der Waals surface area contributed by atoms with Gasteiger partial charge in [-0.15, -0.1) is 10.2 Å². The third-order valence-electron chi connectivity index (χ3n) is 2.95. The molecule has 1 N–H and O–H groups in total. The van der Waals surface area contributed by atoms with E-state index in [9.17, 15) is 0 Å². The number of ether oxygens (including phenoxy) is 2. The first-order valence-electron chi connectivity index (χ1n) is 6.99. The molecular formula is C13H26N4O2S. The molecule has 0 saturated heterocycles. The molecule has 0 aliphatic carbocycles. The molecule has 116 valence electrons. The third kappa shape index (κ3) is 6.13. The van der Waals surface area contributed by atoms with E-state index < -0.39 is 0 Å². The summed E-state index contributed by atoms with van der Waals surface area (Å²) in [5, 5.41) is 13.6. The van der Waals surface area contributed by atoms with Crippen LogP contribution in [0.2, 0.25) is 0 Å². The molecule has 0 aliphatic heterocycles. The largest absolute Gasteiger partial charge is 0.383 e. The molecule has 0 aromatic carbocycles. The van der Waals surface area contributed by atoms with Gasteiger partial charge in [-0.05, 0) is 13.3 Å². The van der Waals surface area contributed by atoms with Crippen LogP contribution >= 0.6 is 11.3 Å². The Hall–Kier alpha value is -0.760. The predicted molar refractivity (Wildman–Crippen MR) is 82.3 cm³/mol. The number of rotatable bonds is 11. The number of anilines is 1. The smallest absolute Gasteiger partial charge is 0.205 e. The van der Waals surface area contributed by atoms with Crippen LogP contribution < -0.4 is 5.32 Å². The quantitative estimate of drug-likeness (QED) is 0.673. The van der Waals surface area contributed by atoms with Gasteiger partial charge in [-0.3, -0.25) is 4.90 Å². The predicted octanol–water partition coefficient (Wildman–Crippen LogP) is 1.84. The van der Waals surface area contributed by atoms with E-state index in [0.717, 1.165) is 36.2 Å². The topological polar surface area (TPSA) is 59.5 Å². The molecule has 1 rings (SSSR count). The summed E-state index contributed by atoms with van der Waals surface area (Å²) >= 11 is 1.61. The van der Waals surface area contributed by atoms with Gasteiger partial charge in [-0.1, -0.05) is 18.3 Å². The monoisotopic (exact) mass is 302 g/mol. The highest BCUT2D eigenvalue weighted by Crippen LogP contribution is 2.18. The summed E-state index contributed by atoms with van der Waals surface area (Å²) in [6.45, 7) is 8.25. The maximum atomic E-state index is 5.23. The van der Waals surface area contributed by atoms with Gasteiger partial charge in [0.2, 0.25) is 5.13 Å². The Kier molecular flexibility index (Phi) is 8.68. The number of nitrogens with zero attached hydrogens (tertiary/aromatic N) is 3. The minimum Gasteiger partial charge on any atom is -0.383 e.